The molecule has 0 saturated carbocycles. The van der Waals surface area contributed by atoms with Crippen molar-refractivity contribution in [3.63, 3.8) is 0 Å². The van der Waals surface area contributed by atoms with Crippen molar-refractivity contribution in [2.24, 2.45) is 0 Å². The Hall–Kier alpha value is -1.95. The molecule has 1 aliphatic rings. The number of aromatic nitrogens is 4. The van der Waals surface area contributed by atoms with Crippen molar-refractivity contribution in [2.75, 3.05) is 18.0 Å². The molecule has 2 aromatic heterocycles. The highest BCUT2D eigenvalue weighted by molar-refractivity contribution is 5.30. The zero-order chi connectivity index (χ0) is 15.4. The molecule has 3 rings (SSSR count). The smallest absolute Gasteiger partial charge is 0.225 e. The maximum absolute atomic E-state index is 4.48. The molecule has 1 N–H and O–H groups in total. The van der Waals surface area contributed by atoms with Crippen molar-refractivity contribution in [3.05, 3.63) is 35.9 Å². The van der Waals surface area contributed by atoms with Crippen LogP contribution in [0.5, 0.6) is 0 Å². The summed E-state index contributed by atoms with van der Waals surface area (Å²) in [6.07, 6.45) is 10.3. The van der Waals surface area contributed by atoms with E-state index in [-0.39, 0.29) is 0 Å². The Balaban J connectivity index is 1.48. The van der Waals surface area contributed by atoms with Crippen molar-refractivity contribution in [1.82, 2.24) is 25.1 Å². The third-order valence-electron chi connectivity index (χ3n) is 3.96. The number of nitrogens with zero attached hydrogens (tertiary/aromatic N) is 5. The molecule has 118 valence electrons. The van der Waals surface area contributed by atoms with E-state index in [0.29, 0.717) is 6.04 Å². The molecule has 1 aliphatic heterocycles. The van der Waals surface area contributed by atoms with E-state index in [0.717, 1.165) is 37.7 Å². The van der Waals surface area contributed by atoms with Crippen LogP contribution in [0, 0.1) is 6.92 Å². The van der Waals surface area contributed by atoms with Crippen molar-refractivity contribution in [3.8, 4) is 0 Å². The number of nitrogens with one attached hydrogen (secondary N) is 1. The van der Waals surface area contributed by atoms with Gasteiger partial charge in [-0.15, -0.1) is 0 Å². The van der Waals surface area contributed by atoms with Crippen LogP contribution in [0.4, 0.5) is 5.95 Å². The SMILES string of the molecule is Cc1cnn(C[C@H](C)NCc2cnc(N3CCCC3)nc2)c1. The molecule has 6 nitrogen and oxygen atoms in total. The molecular weight excluding hydrogens is 276 g/mol. The summed E-state index contributed by atoms with van der Waals surface area (Å²) in [5.74, 6) is 0.862. The predicted octanol–water partition coefficient (Wildman–Crippen LogP) is 1.76. The van der Waals surface area contributed by atoms with Gasteiger partial charge in [-0.05, 0) is 32.3 Å². The molecule has 0 amide bonds. The van der Waals surface area contributed by atoms with Crippen molar-refractivity contribution < 1.29 is 0 Å². The van der Waals surface area contributed by atoms with Gasteiger partial charge in [-0.1, -0.05) is 0 Å². The molecule has 0 spiro atoms. The summed E-state index contributed by atoms with van der Waals surface area (Å²) < 4.78 is 1.97. The summed E-state index contributed by atoms with van der Waals surface area (Å²) in [4.78, 5) is 11.2. The minimum absolute atomic E-state index is 0.345. The highest BCUT2D eigenvalue weighted by atomic mass is 15.3. The van der Waals surface area contributed by atoms with Gasteiger partial charge in [0.1, 0.15) is 0 Å². The van der Waals surface area contributed by atoms with Crippen LogP contribution in [-0.4, -0.2) is 38.9 Å². The van der Waals surface area contributed by atoms with E-state index in [4.69, 9.17) is 0 Å². The van der Waals surface area contributed by atoms with Gasteiger partial charge in [0.2, 0.25) is 5.95 Å². The third kappa shape index (κ3) is 3.82. The summed E-state index contributed by atoms with van der Waals surface area (Å²) in [5, 5.41) is 7.80. The van der Waals surface area contributed by atoms with Gasteiger partial charge in [0.05, 0.1) is 12.7 Å². The molecule has 0 aliphatic carbocycles. The number of hydrogen-bond acceptors (Lipinski definition) is 5. The van der Waals surface area contributed by atoms with Gasteiger partial charge >= 0.3 is 0 Å². The number of aryl methyl sites for hydroxylation is 1. The summed E-state index contributed by atoms with van der Waals surface area (Å²) in [5.41, 5.74) is 2.31. The van der Waals surface area contributed by atoms with E-state index in [2.05, 4.69) is 45.3 Å². The summed E-state index contributed by atoms with van der Waals surface area (Å²) in [7, 11) is 0. The molecule has 1 fully saturated rings. The fraction of sp³-hybridized carbons (Fsp3) is 0.562. The van der Waals surface area contributed by atoms with Crippen LogP contribution in [0.3, 0.4) is 0 Å². The van der Waals surface area contributed by atoms with Crippen molar-refractivity contribution in [1.29, 1.82) is 0 Å². The molecule has 22 heavy (non-hydrogen) atoms. The van der Waals surface area contributed by atoms with E-state index in [1.165, 1.54) is 18.4 Å². The average Bonchev–Trinajstić information content (AvgIpc) is 3.18. The Labute approximate surface area is 131 Å². The van der Waals surface area contributed by atoms with Crippen LogP contribution in [-0.2, 0) is 13.1 Å². The topological polar surface area (TPSA) is 58.9 Å². The Morgan fingerprint density at radius 2 is 1.91 bits per heavy atom. The van der Waals surface area contributed by atoms with Crippen LogP contribution in [0.1, 0.15) is 30.9 Å². The first kappa shape index (κ1) is 15.0. The second-order valence-corrected chi connectivity index (χ2v) is 6.11. The Bertz CT molecular complexity index is 585. The highest BCUT2D eigenvalue weighted by Crippen LogP contribution is 2.14. The lowest BCUT2D eigenvalue weighted by atomic mass is 10.3. The second-order valence-electron chi connectivity index (χ2n) is 6.11. The van der Waals surface area contributed by atoms with E-state index in [1.807, 2.05) is 23.3 Å². The summed E-state index contributed by atoms with van der Waals surface area (Å²) in [6, 6.07) is 0.345. The van der Waals surface area contributed by atoms with Gasteiger partial charge in [-0.2, -0.15) is 5.10 Å². The lowest BCUT2D eigenvalue weighted by molar-refractivity contribution is 0.450. The maximum Gasteiger partial charge on any atom is 0.225 e. The van der Waals surface area contributed by atoms with E-state index < -0.39 is 0 Å². The molecule has 1 saturated heterocycles. The van der Waals surface area contributed by atoms with Gasteiger partial charge in [0.25, 0.3) is 0 Å². The summed E-state index contributed by atoms with van der Waals surface area (Å²) >= 11 is 0. The third-order valence-corrected chi connectivity index (χ3v) is 3.96. The number of hydrogen-bond donors (Lipinski definition) is 1. The Morgan fingerprint density at radius 3 is 2.55 bits per heavy atom. The fourth-order valence-electron chi connectivity index (χ4n) is 2.72. The monoisotopic (exact) mass is 300 g/mol. The first-order valence-corrected chi connectivity index (χ1v) is 7.99. The lowest BCUT2D eigenvalue weighted by Gasteiger charge is -2.16. The van der Waals surface area contributed by atoms with Crippen LogP contribution in [0.15, 0.2) is 24.8 Å². The maximum atomic E-state index is 4.48. The first-order chi connectivity index (χ1) is 10.7. The molecule has 6 heteroatoms. The zero-order valence-electron chi connectivity index (χ0n) is 13.4. The minimum atomic E-state index is 0.345. The molecule has 0 unspecified atom stereocenters. The fourth-order valence-corrected chi connectivity index (χ4v) is 2.72. The lowest BCUT2D eigenvalue weighted by Crippen LogP contribution is -2.30. The van der Waals surface area contributed by atoms with Crippen LogP contribution >= 0.6 is 0 Å². The molecule has 0 aromatic carbocycles. The van der Waals surface area contributed by atoms with Crippen LogP contribution < -0.4 is 10.2 Å². The molecule has 2 aromatic rings. The second kappa shape index (κ2) is 6.87. The average molecular weight is 300 g/mol. The van der Waals surface area contributed by atoms with Gasteiger partial charge < -0.3 is 10.2 Å². The number of anilines is 1. The highest BCUT2D eigenvalue weighted by Gasteiger charge is 2.14. The van der Waals surface area contributed by atoms with Gasteiger partial charge in [-0.3, -0.25) is 4.68 Å². The predicted molar refractivity (Wildman–Crippen MR) is 86.7 cm³/mol. The van der Waals surface area contributed by atoms with Crippen LogP contribution in [0.25, 0.3) is 0 Å². The largest absolute Gasteiger partial charge is 0.341 e. The molecule has 1 atom stereocenters. The van der Waals surface area contributed by atoms with Crippen molar-refractivity contribution >= 4 is 5.95 Å². The minimum Gasteiger partial charge on any atom is -0.341 e. The Kier molecular flexibility index (Phi) is 4.68. The zero-order valence-corrected chi connectivity index (χ0v) is 13.4. The van der Waals surface area contributed by atoms with Gasteiger partial charge in [-0.25, -0.2) is 9.97 Å². The number of rotatable bonds is 6. The van der Waals surface area contributed by atoms with Gasteiger partial charge in [0, 0.05) is 49.8 Å². The molecule has 3 heterocycles. The molecular formula is C16H24N6. The molecule has 0 radical (unpaired) electrons. The first-order valence-electron chi connectivity index (χ1n) is 7.99. The molecule has 0 bridgehead atoms. The van der Waals surface area contributed by atoms with Crippen LogP contribution in [0.2, 0.25) is 0 Å². The normalized spacial score (nSPS) is 16.2. The van der Waals surface area contributed by atoms with E-state index in [1.54, 1.807) is 0 Å². The van der Waals surface area contributed by atoms with E-state index >= 15 is 0 Å². The Morgan fingerprint density at radius 1 is 1.18 bits per heavy atom. The quantitative estimate of drug-likeness (QED) is 0.881. The van der Waals surface area contributed by atoms with E-state index in [9.17, 15) is 0 Å². The van der Waals surface area contributed by atoms with Gasteiger partial charge in [0.15, 0.2) is 0 Å². The van der Waals surface area contributed by atoms with Crippen molar-refractivity contribution in [2.45, 2.75) is 45.8 Å². The summed E-state index contributed by atoms with van der Waals surface area (Å²) in [6.45, 7) is 8.02. The standard InChI is InChI=1S/C16H24N6/c1-13-7-20-22(11-13)12-14(2)17-8-15-9-18-16(19-10-15)21-5-3-4-6-21/h7,9-11,14,17H,3-6,8,12H2,1-2H3/t14-/m0/s1.